The number of carboxylic acids is 1. The zero-order valence-electron chi connectivity index (χ0n) is 14.2. The maximum atomic E-state index is 10.9. The summed E-state index contributed by atoms with van der Waals surface area (Å²) in [5.74, 6) is -0.297. The predicted molar refractivity (Wildman–Crippen MR) is 95.3 cm³/mol. The predicted octanol–water partition coefficient (Wildman–Crippen LogP) is 0.937. The number of anilines is 2. The van der Waals surface area contributed by atoms with Crippen molar-refractivity contribution in [3.8, 4) is 0 Å². The van der Waals surface area contributed by atoms with E-state index in [2.05, 4.69) is 37.2 Å². The van der Waals surface area contributed by atoms with Crippen molar-refractivity contribution in [2.45, 2.75) is 6.42 Å². The van der Waals surface area contributed by atoms with Crippen LogP contribution >= 0.6 is 0 Å². The highest BCUT2D eigenvalue weighted by atomic mass is 16.5. The maximum Gasteiger partial charge on any atom is 0.309 e. The van der Waals surface area contributed by atoms with Gasteiger partial charge in [-0.15, -0.1) is 5.10 Å². The summed E-state index contributed by atoms with van der Waals surface area (Å²) in [6, 6.07) is 8.12. The standard InChI is InChI=1S/C17H18N6O3/c1-26-7-6-21-10-15-17(23-9-12(19-20-23)8-16(24)25)18-11-22(15)14-5-3-2-4-13(14)21/h2-5,9-10H,6-8,11H2,1H3,(H,24,25). The van der Waals surface area contributed by atoms with Gasteiger partial charge in [0.25, 0.3) is 0 Å². The van der Waals surface area contributed by atoms with E-state index in [0.717, 1.165) is 17.1 Å². The van der Waals surface area contributed by atoms with Gasteiger partial charge >= 0.3 is 5.97 Å². The maximum absolute atomic E-state index is 10.9. The first-order valence-electron chi connectivity index (χ1n) is 8.19. The minimum atomic E-state index is -0.941. The van der Waals surface area contributed by atoms with E-state index in [-0.39, 0.29) is 6.42 Å². The van der Waals surface area contributed by atoms with Gasteiger partial charge in [-0.2, -0.15) is 0 Å². The fraction of sp³-hybridized carbons (Fsp3) is 0.294. The van der Waals surface area contributed by atoms with E-state index < -0.39 is 5.97 Å². The lowest BCUT2D eigenvalue weighted by Crippen LogP contribution is -2.34. The number of rotatable bonds is 5. The van der Waals surface area contributed by atoms with Crippen molar-refractivity contribution in [1.29, 1.82) is 0 Å². The Bertz CT molecular complexity index is 903. The van der Waals surface area contributed by atoms with Crippen molar-refractivity contribution >= 4 is 23.2 Å². The van der Waals surface area contributed by atoms with Gasteiger partial charge < -0.3 is 19.6 Å². The van der Waals surface area contributed by atoms with E-state index in [4.69, 9.17) is 9.84 Å². The summed E-state index contributed by atoms with van der Waals surface area (Å²) in [5, 5.41) is 16.9. The number of fused-ring (bicyclic) bond motifs is 3. The van der Waals surface area contributed by atoms with Gasteiger partial charge in [0.15, 0.2) is 5.84 Å². The summed E-state index contributed by atoms with van der Waals surface area (Å²) in [6.45, 7) is 1.78. The highest BCUT2D eigenvalue weighted by Crippen LogP contribution is 2.38. The molecule has 1 aromatic carbocycles. The average molecular weight is 354 g/mol. The molecule has 134 valence electrons. The molecule has 0 radical (unpaired) electrons. The van der Waals surface area contributed by atoms with Crippen LogP contribution in [0.3, 0.4) is 0 Å². The Morgan fingerprint density at radius 1 is 1.31 bits per heavy atom. The molecule has 0 amide bonds. The molecule has 9 heteroatoms. The Balaban J connectivity index is 1.67. The Morgan fingerprint density at radius 3 is 2.88 bits per heavy atom. The second kappa shape index (κ2) is 6.60. The first kappa shape index (κ1) is 16.3. The van der Waals surface area contributed by atoms with Crippen LogP contribution < -0.4 is 9.80 Å². The lowest BCUT2D eigenvalue weighted by atomic mass is 10.1. The molecule has 4 rings (SSSR count). The third-order valence-corrected chi connectivity index (χ3v) is 4.27. The topological polar surface area (TPSA) is 96.1 Å². The van der Waals surface area contributed by atoms with Crippen molar-refractivity contribution in [2.24, 2.45) is 4.99 Å². The van der Waals surface area contributed by atoms with Gasteiger partial charge in [-0.3, -0.25) is 4.79 Å². The summed E-state index contributed by atoms with van der Waals surface area (Å²) < 4.78 is 6.76. The number of aliphatic carboxylic acids is 1. The van der Waals surface area contributed by atoms with Gasteiger partial charge in [-0.05, 0) is 12.1 Å². The first-order valence-corrected chi connectivity index (χ1v) is 8.19. The number of nitrogens with zero attached hydrogens (tertiary/aromatic N) is 6. The van der Waals surface area contributed by atoms with Crippen LogP contribution in [0.5, 0.6) is 0 Å². The molecular formula is C17H18N6O3. The molecule has 1 N–H and O–H groups in total. The fourth-order valence-electron chi connectivity index (χ4n) is 3.10. The molecule has 9 nitrogen and oxygen atoms in total. The normalized spacial score (nSPS) is 15.4. The van der Waals surface area contributed by atoms with Gasteiger partial charge in [-0.25, -0.2) is 9.67 Å². The molecule has 2 aliphatic heterocycles. The van der Waals surface area contributed by atoms with E-state index in [1.54, 1.807) is 13.3 Å². The first-order chi connectivity index (χ1) is 12.7. The number of aliphatic imine (C=N–C) groups is 1. The molecule has 0 bridgehead atoms. The van der Waals surface area contributed by atoms with Crippen molar-refractivity contribution in [1.82, 2.24) is 15.0 Å². The van der Waals surface area contributed by atoms with Crippen molar-refractivity contribution in [2.75, 3.05) is 36.7 Å². The van der Waals surface area contributed by atoms with Crippen LogP contribution in [0.2, 0.25) is 0 Å². The number of para-hydroxylation sites is 2. The molecule has 1 aromatic heterocycles. The SMILES string of the molecule is COCCN1C=C2C(n3cc(CC(=O)O)nn3)=NCN2c2ccccc21. The molecule has 0 aliphatic carbocycles. The van der Waals surface area contributed by atoms with Crippen LogP contribution in [0, 0.1) is 0 Å². The Labute approximate surface area is 149 Å². The number of methoxy groups -OCH3 is 1. The highest BCUT2D eigenvalue weighted by molar-refractivity contribution is 6.07. The number of ether oxygens (including phenoxy) is 1. The third-order valence-electron chi connectivity index (χ3n) is 4.27. The number of benzene rings is 1. The molecule has 26 heavy (non-hydrogen) atoms. The third kappa shape index (κ3) is 2.82. The quantitative estimate of drug-likeness (QED) is 0.853. The molecule has 2 aliphatic rings. The number of hydrogen-bond donors (Lipinski definition) is 1. The molecule has 2 aromatic rings. The average Bonchev–Trinajstić information content (AvgIpc) is 3.25. The van der Waals surface area contributed by atoms with E-state index in [9.17, 15) is 4.79 Å². The van der Waals surface area contributed by atoms with Crippen LogP contribution in [-0.4, -0.2) is 58.8 Å². The molecule has 0 atom stereocenters. The lowest BCUT2D eigenvalue weighted by Gasteiger charge is -2.34. The monoisotopic (exact) mass is 354 g/mol. The Hall–Kier alpha value is -3.20. The van der Waals surface area contributed by atoms with Crippen LogP contribution in [0.4, 0.5) is 11.4 Å². The zero-order chi connectivity index (χ0) is 18.1. The van der Waals surface area contributed by atoms with Gasteiger partial charge in [-0.1, -0.05) is 17.3 Å². The van der Waals surface area contributed by atoms with Gasteiger partial charge in [0, 0.05) is 19.9 Å². The number of carbonyl (C=O) groups is 1. The molecule has 0 fully saturated rings. The van der Waals surface area contributed by atoms with Crippen LogP contribution in [-0.2, 0) is 16.0 Å². The number of aromatic nitrogens is 3. The van der Waals surface area contributed by atoms with E-state index >= 15 is 0 Å². The Morgan fingerprint density at radius 2 is 2.12 bits per heavy atom. The summed E-state index contributed by atoms with van der Waals surface area (Å²) in [5.41, 5.74) is 3.44. The van der Waals surface area contributed by atoms with Crippen LogP contribution in [0.1, 0.15) is 5.69 Å². The van der Waals surface area contributed by atoms with Crippen LogP contribution in [0.25, 0.3) is 0 Å². The minimum Gasteiger partial charge on any atom is -0.481 e. The number of allylic oxidation sites excluding steroid dienone is 1. The van der Waals surface area contributed by atoms with Gasteiger partial charge in [0.05, 0.1) is 36.3 Å². The molecule has 0 saturated carbocycles. The van der Waals surface area contributed by atoms with Crippen molar-refractivity contribution < 1.29 is 14.6 Å². The summed E-state index contributed by atoms with van der Waals surface area (Å²) in [6.07, 6.45) is 3.46. The second-order valence-corrected chi connectivity index (χ2v) is 5.97. The van der Waals surface area contributed by atoms with Crippen molar-refractivity contribution in [3.05, 3.63) is 48.1 Å². The lowest BCUT2D eigenvalue weighted by molar-refractivity contribution is -0.136. The summed E-state index contributed by atoms with van der Waals surface area (Å²) in [7, 11) is 1.68. The van der Waals surface area contributed by atoms with E-state index in [1.807, 2.05) is 18.3 Å². The van der Waals surface area contributed by atoms with Gasteiger partial charge in [0.1, 0.15) is 12.4 Å². The zero-order valence-corrected chi connectivity index (χ0v) is 14.2. The minimum absolute atomic E-state index is 0.168. The number of carboxylic acid groups (broad SMARTS) is 1. The summed E-state index contributed by atoms with van der Waals surface area (Å²) >= 11 is 0. The molecule has 0 saturated heterocycles. The molecular weight excluding hydrogens is 336 g/mol. The fourth-order valence-corrected chi connectivity index (χ4v) is 3.10. The highest BCUT2D eigenvalue weighted by Gasteiger charge is 2.32. The molecule has 0 unspecified atom stereocenters. The number of hydrogen-bond acceptors (Lipinski definition) is 7. The largest absolute Gasteiger partial charge is 0.481 e. The van der Waals surface area contributed by atoms with E-state index in [1.165, 1.54) is 4.68 Å². The van der Waals surface area contributed by atoms with Crippen LogP contribution in [0.15, 0.2) is 47.4 Å². The van der Waals surface area contributed by atoms with E-state index in [0.29, 0.717) is 31.3 Å². The second-order valence-electron chi connectivity index (χ2n) is 5.97. The summed E-state index contributed by atoms with van der Waals surface area (Å²) in [4.78, 5) is 19.7. The Kier molecular flexibility index (Phi) is 4.13. The van der Waals surface area contributed by atoms with Gasteiger partial charge in [0.2, 0.25) is 0 Å². The van der Waals surface area contributed by atoms with Crippen molar-refractivity contribution in [3.63, 3.8) is 0 Å². The molecule has 3 heterocycles. The smallest absolute Gasteiger partial charge is 0.309 e. The molecule has 0 spiro atoms.